The lowest BCUT2D eigenvalue weighted by atomic mass is 10.0. The van der Waals surface area contributed by atoms with Crippen LogP contribution >= 0.6 is 11.8 Å². The summed E-state index contributed by atoms with van der Waals surface area (Å²) in [4.78, 5) is 29.7. The maximum absolute atomic E-state index is 13.9. The minimum Gasteiger partial charge on any atom is -0.352 e. The van der Waals surface area contributed by atoms with Gasteiger partial charge in [0.1, 0.15) is 0 Å². The van der Waals surface area contributed by atoms with Crippen molar-refractivity contribution in [2.75, 3.05) is 17.2 Å². The van der Waals surface area contributed by atoms with Crippen molar-refractivity contribution in [2.24, 2.45) is 0 Å². The van der Waals surface area contributed by atoms with E-state index in [4.69, 9.17) is 0 Å². The van der Waals surface area contributed by atoms with E-state index in [1.807, 2.05) is 25.6 Å². The number of thioether (sulfide) groups is 1. The van der Waals surface area contributed by atoms with E-state index in [1.54, 1.807) is 47.4 Å². The van der Waals surface area contributed by atoms with Crippen LogP contribution in [0.3, 0.4) is 0 Å². The lowest BCUT2D eigenvalue weighted by Crippen LogP contribution is -2.31. The molecule has 0 spiro atoms. The molecular formula is C32H36N2O3S2. The predicted molar refractivity (Wildman–Crippen MR) is 160 cm³/mol. The summed E-state index contributed by atoms with van der Waals surface area (Å²) in [6.45, 7) is 4.99. The molecule has 0 saturated heterocycles. The minimum absolute atomic E-state index is 0.174. The fraction of sp³-hybridized carbons (Fsp3) is 0.375. The first-order chi connectivity index (χ1) is 18.9. The van der Waals surface area contributed by atoms with Gasteiger partial charge in [0.15, 0.2) is 0 Å². The van der Waals surface area contributed by atoms with Crippen LogP contribution in [0.25, 0.3) is 0 Å². The Morgan fingerprint density at radius 1 is 1.00 bits per heavy atom. The summed E-state index contributed by atoms with van der Waals surface area (Å²) < 4.78 is 13.7. The highest BCUT2D eigenvalue weighted by Crippen LogP contribution is 2.36. The molecule has 1 atom stereocenters. The first kappa shape index (κ1) is 27.7. The molecule has 5 nitrogen and oxygen atoms in total. The van der Waals surface area contributed by atoms with Gasteiger partial charge in [-0.2, -0.15) is 11.8 Å². The fourth-order valence-corrected chi connectivity index (χ4v) is 8.02. The Morgan fingerprint density at radius 2 is 1.79 bits per heavy atom. The van der Waals surface area contributed by atoms with Gasteiger partial charge in [-0.3, -0.25) is 9.59 Å². The highest BCUT2D eigenvalue weighted by molar-refractivity contribution is 7.99. The quantitative estimate of drug-likeness (QED) is 0.307. The zero-order valence-corrected chi connectivity index (χ0v) is 24.3. The van der Waals surface area contributed by atoms with E-state index in [0.717, 1.165) is 34.1 Å². The topological polar surface area (TPSA) is 66.5 Å². The number of nitrogens with one attached hydrogen (secondary N) is 1. The van der Waals surface area contributed by atoms with Crippen molar-refractivity contribution in [3.63, 3.8) is 0 Å². The summed E-state index contributed by atoms with van der Waals surface area (Å²) in [5.41, 5.74) is 4.63. The van der Waals surface area contributed by atoms with Gasteiger partial charge in [0.25, 0.3) is 11.8 Å². The van der Waals surface area contributed by atoms with E-state index in [2.05, 4.69) is 23.5 Å². The number of aryl methyl sites for hydroxylation is 2. The standard InChI is InChI=1S/C32H36N2O3S2/c1-22-13-14-23(2)25(19-22)21-34-28-20-24(31(35)33-17-8-18-38-26-9-4-3-5-10-26)15-16-30(28)39(37)29-12-7-6-11-27(29)32(34)36/h6-7,11-16,19-20,26H,3-5,8-10,17-18,21H2,1-2H3,(H,33,35)/t39-/m0/s1. The van der Waals surface area contributed by atoms with Gasteiger partial charge in [-0.05, 0) is 80.3 Å². The summed E-state index contributed by atoms with van der Waals surface area (Å²) in [5.74, 6) is 0.660. The van der Waals surface area contributed by atoms with Gasteiger partial charge in [-0.15, -0.1) is 0 Å². The van der Waals surface area contributed by atoms with Crippen LogP contribution in [-0.4, -0.2) is 33.6 Å². The van der Waals surface area contributed by atoms with Crippen LogP contribution in [0.1, 0.15) is 75.9 Å². The molecular weight excluding hydrogens is 524 g/mol. The van der Waals surface area contributed by atoms with E-state index in [0.29, 0.717) is 39.7 Å². The molecule has 1 aliphatic heterocycles. The maximum atomic E-state index is 13.9. The number of anilines is 1. The van der Waals surface area contributed by atoms with Crippen molar-refractivity contribution in [3.05, 3.63) is 88.5 Å². The van der Waals surface area contributed by atoms with Crippen LogP contribution in [0.2, 0.25) is 0 Å². The van der Waals surface area contributed by atoms with Gasteiger partial charge in [-0.1, -0.05) is 55.2 Å². The Hall–Kier alpha value is -2.90. The van der Waals surface area contributed by atoms with Gasteiger partial charge < -0.3 is 10.2 Å². The third kappa shape index (κ3) is 6.30. The van der Waals surface area contributed by atoms with Gasteiger partial charge in [0, 0.05) is 17.4 Å². The fourth-order valence-electron chi connectivity index (χ4n) is 5.36. The normalized spacial score (nSPS) is 17.3. The minimum atomic E-state index is -1.55. The summed E-state index contributed by atoms with van der Waals surface area (Å²) in [6.07, 6.45) is 7.59. The van der Waals surface area contributed by atoms with Crippen LogP contribution in [0, 0.1) is 13.8 Å². The van der Waals surface area contributed by atoms with Crippen molar-refractivity contribution in [1.29, 1.82) is 0 Å². The molecule has 204 valence electrons. The zero-order valence-electron chi connectivity index (χ0n) is 22.7. The second-order valence-electron chi connectivity index (χ2n) is 10.5. The molecule has 0 bridgehead atoms. The van der Waals surface area contributed by atoms with Crippen molar-refractivity contribution in [1.82, 2.24) is 5.32 Å². The van der Waals surface area contributed by atoms with Crippen molar-refractivity contribution < 1.29 is 13.8 Å². The van der Waals surface area contributed by atoms with E-state index in [-0.39, 0.29) is 11.8 Å². The van der Waals surface area contributed by atoms with Crippen LogP contribution in [0.5, 0.6) is 0 Å². The Labute approximate surface area is 238 Å². The molecule has 1 N–H and O–H groups in total. The molecule has 1 heterocycles. The second-order valence-corrected chi connectivity index (χ2v) is 13.3. The molecule has 3 aromatic carbocycles. The maximum Gasteiger partial charge on any atom is 0.259 e. The highest BCUT2D eigenvalue weighted by Gasteiger charge is 2.31. The van der Waals surface area contributed by atoms with Crippen molar-refractivity contribution >= 4 is 40.1 Å². The summed E-state index contributed by atoms with van der Waals surface area (Å²) in [6, 6.07) is 18.5. The number of benzene rings is 3. The third-order valence-corrected chi connectivity index (χ3v) is 10.6. The number of hydrogen-bond acceptors (Lipinski definition) is 4. The number of rotatable bonds is 8. The smallest absolute Gasteiger partial charge is 0.259 e. The molecule has 3 aromatic rings. The molecule has 0 radical (unpaired) electrons. The first-order valence-electron chi connectivity index (χ1n) is 13.8. The molecule has 2 aliphatic rings. The van der Waals surface area contributed by atoms with Crippen LogP contribution in [-0.2, 0) is 17.3 Å². The number of nitrogens with zero attached hydrogens (tertiary/aromatic N) is 1. The van der Waals surface area contributed by atoms with Crippen LogP contribution in [0.4, 0.5) is 5.69 Å². The lowest BCUT2D eigenvalue weighted by molar-refractivity contribution is 0.0950. The van der Waals surface area contributed by atoms with Crippen molar-refractivity contribution in [3.8, 4) is 0 Å². The summed E-state index contributed by atoms with van der Waals surface area (Å²) in [5, 5.41) is 3.82. The lowest BCUT2D eigenvalue weighted by Gasteiger charge is -2.24. The molecule has 1 fully saturated rings. The van der Waals surface area contributed by atoms with E-state index in [1.165, 1.54) is 32.1 Å². The summed E-state index contributed by atoms with van der Waals surface area (Å²) >= 11 is 2.03. The molecule has 39 heavy (non-hydrogen) atoms. The third-order valence-electron chi connectivity index (χ3n) is 7.62. The van der Waals surface area contributed by atoms with Gasteiger partial charge in [0.05, 0.1) is 38.4 Å². The monoisotopic (exact) mass is 560 g/mol. The number of amides is 2. The molecule has 1 saturated carbocycles. The van der Waals surface area contributed by atoms with E-state index in [9.17, 15) is 13.8 Å². The Morgan fingerprint density at radius 3 is 2.62 bits per heavy atom. The van der Waals surface area contributed by atoms with Crippen molar-refractivity contribution in [2.45, 2.75) is 74.0 Å². The number of carbonyl (C=O) groups is 2. The van der Waals surface area contributed by atoms with Gasteiger partial charge >= 0.3 is 0 Å². The van der Waals surface area contributed by atoms with E-state index < -0.39 is 10.8 Å². The predicted octanol–water partition coefficient (Wildman–Crippen LogP) is 6.82. The molecule has 7 heteroatoms. The largest absolute Gasteiger partial charge is 0.352 e. The molecule has 0 aromatic heterocycles. The number of hydrogen-bond donors (Lipinski definition) is 1. The average Bonchev–Trinajstić information content (AvgIpc) is 3.04. The van der Waals surface area contributed by atoms with Crippen LogP contribution in [0.15, 0.2) is 70.5 Å². The van der Waals surface area contributed by atoms with Gasteiger partial charge in [0.2, 0.25) is 0 Å². The molecule has 0 unspecified atom stereocenters. The average molecular weight is 561 g/mol. The Balaban J connectivity index is 1.38. The van der Waals surface area contributed by atoms with E-state index >= 15 is 0 Å². The second kappa shape index (κ2) is 12.5. The first-order valence-corrected chi connectivity index (χ1v) is 16.0. The number of carbonyl (C=O) groups excluding carboxylic acids is 2. The SMILES string of the molecule is Cc1ccc(C)c(CN2C(=O)c3ccccc3[S@](=O)c3ccc(C(=O)NCCCSC4CCCCC4)cc32)c1. The molecule has 1 aliphatic carbocycles. The Bertz CT molecular complexity index is 1400. The van der Waals surface area contributed by atoms with Crippen LogP contribution < -0.4 is 10.2 Å². The van der Waals surface area contributed by atoms with Gasteiger partial charge in [-0.25, -0.2) is 4.21 Å². The highest BCUT2D eigenvalue weighted by atomic mass is 32.2. The summed E-state index contributed by atoms with van der Waals surface area (Å²) in [7, 11) is -1.55. The molecule has 5 rings (SSSR count). The zero-order chi connectivity index (χ0) is 27.4. The molecule has 2 amide bonds. The number of fused-ring (bicyclic) bond motifs is 2. The Kier molecular flexibility index (Phi) is 8.88.